The number of nitrogen functional groups attached to an aromatic ring is 1. The van der Waals surface area contributed by atoms with E-state index in [4.69, 9.17) is 5.73 Å². The number of carbonyl (C=O) groups excluding carboxylic acids is 1. The predicted octanol–water partition coefficient (Wildman–Crippen LogP) is 3.04. The Morgan fingerprint density at radius 1 is 1.20 bits per heavy atom. The molecule has 0 saturated heterocycles. The average Bonchev–Trinajstić information content (AvgIpc) is 2.37. The summed E-state index contributed by atoms with van der Waals surface area (Å²) in [4.78, 5) is 11.8. The number of amides is 1. The molecule has 0 aromatic heterocycles. The van der Waals surface area contributed by atoms with E-state index in [2.05, 4.69) is 5.32 Å². The van der Waals surface area contributed by atoms with E-state index < -0.39 is 11.6 Å². The average molecular weight is 276 g/mol. The molecule has 0 unspecified atom stereocenters. The fourth-order valence-corrected chi connectivity index (χ4v) is 1.80. The minimum atomic E-state index is -0.728. The number of hydrogen-bond donors (Lipinski definition) is 2. The number of nitrogens with two attached hydrogens (primary N) is 1. The van der Waals surface area contributed by atoms with E-state index >= 15 is 0 Å². The Labute approximate surface area is 115 Å². The van der Waals surface area contributed by atoms with Crippen LogP contribution in [-0.4, -0.2) is 5.91 Å². The Hall–Kier alpha value is -2.43. The molecule has 0 atom stereocenters. The zero-order valence-electron chi connectivity index (χ0n) is 10.9. The zero-order valence-corrected chi connectivity index (χ0v) is 10.9. The van der Waals surface area contributed by atoms with Gasteiger partial charge in [0, 0.05) is 17.4 Å². The molecule has 3 N–H and O–H groups in total. The van der Waals surface area contributed by atoms with Crippen molar-refractivity contribution in [3.8, 4) is 0 Å². The van der Waals surface area contributed by atoms with Gasteiger partial charge in [-0.25, -0.2) is 8.78 Å². The van der Waals surface area contributed by atoms with Crippen molar-refractivity contribution < 1.29 is 13.6 Å². The van der Waals surface area contributed by atoms with E-state index in [9.17, 15) is 13.6 Å². The molecule has 0 radical (unpaired) electrons. The summed E-state index contributed by atoms with van der Waals surface area (Å²) >= 11 is 0. The van der Waals surface area contributed by atoms with Crippen molar-refractivity contribution >= 4 is 17.3 Å². The zero-order chi connectivity index (χ0) is 14.7. The maximum Gasteiger partial charge on any atom is 0.228 e. The molecule has 2 aromatic carbocycles. The summed E-state index contributed by atoms with van der Waals surface area (Å²) in [5.74, 6) is -1.77. The highest BCUT2D eigenvalue weighted by molar-refractivity contribution is 5.92. The van der Waals surface area contributed by atoms with Gasteiger partial charge in [0.25, 0.3) is 0 Å². The first kappa shape index (κ1) is 14.0. The fourth-order valence-electron chi connectivity index (χ4n) is 1.80. The van der Waals surface area contributed by atoms with Crippen molar-refractivity contribution in [2.45, 2.75) is 13.3 Å². The molecule has 20 heavy (non-hydrogen) atoms. The molecule has 0 heterocycles. The second-order valence-corrected chi connectivity index (χ2v) is 4.53. The van der Waals surface area contributed by atoms with Crippen LogP contribution in [0, 0.1) is 18.6 Å². The summed E-state index contributed by atoms with van der Waals surface area (Å²) in [6, 6.07) is 8.23. The van der Waals surface area contributed by atoms with Crippen LogP contribution in [0.25, 0.3) is 0 Å². The maximum atomic E-state index is 13.4. The van der Waals surface area contributed by atoms with Gasteiger partial charge in [-0.1, -0.05) is 6.07 Å². The summed E-state index contributed by atoms with van der Waals surface area (Å²) in [6.07, 6.45) is -0.157. The van der Waals surface area contributed by atoms with Crippen molar-refractivity contribution in [2.75, 3.05) is 11.1 Å². The molecule has 5 heteroatoms. The molecule has 0 aliphatic heterocycles. The Morgan fingerprint density at radius 2 is 1.95 bits per heavy atom. The van der Waals surface area contributed by atoms with Gasteiger partial charge in [0.2, 0.25) is 5.91 Å². The fraction of sp³-hybridized carbons (Fsp3) is 0.133. The Balaban J connectivity index is 2.07. The second kappa shape index (κ2) is 5.69. The smallest absolute Gasteiger partial charge is 0.228 e. The minimum Gasteiger partial charge on any atom is -0.399 e. The molecule has 0 fully saturated rings. The lowest BCUT2D eigenvalue weighted by Gasteiger charge is -2.08. The van der Waals surface area contributed by atoms with Crippen LogP contribution in [0.5, 0.6) is 0 Å². The van der Waals surface area contributed by atoms with Crippen molar-refractivity contribution in [3.63, 3.8) is 0 Å². The van der Waals surface area contributed by atoms with Crippen LogP contribution < -0.4 is 11.1 Å². The van der Waals surface area contributed by atoms with Gasteiger partial charge in [-0.15, -0.1) is 0 Å². The van der Waals surface area contributed by atoms with Crippen LogP contribution in [0.1, 0.15) is 11.1 Å². The van der Waals surface area contributed by atoms with E-state index in [1.807, 2.05) is 6.92 Å². The number of halogens is 2. The maximum absolute atomic E-state index is 13.4. The van der Waals surface area contributed by atoms with Gasteiger partial charge in [0.1, 0.15) is 11.6 Å². The molecule has 0 spiro atoms. The number of aryl methyl sites for hydroxylation is 1. The van der Waals surface area contributed by atoms with Crippen LogP contribution in [0.4, 0.5) is 20.2 Å². The molecule has 104 valence electrons. The lowest BCUT2D eigenvalue weighted by Crippen LogP contribution is -2.15. The third-order valence-corrected chi connectivity index (χ3v) is 2.92. The summed E-state index contributed by atoms with van der Waals surface area (Å²) in [5.41, 5.74) is 7.89. The first-order valence-corrected chi connectivity index (χ1v) is 6.05. The van der Waals surface area contributed by atoms with Crippen LogP contribution in [0.15, 0.2) is 36.4 Å². The second-order valence-electron chi connectivity index (χ2n) is 4.53. The van der Waals surface area contributed by atoms with Gasteiger partial charge >= 0.3 is 0 Å². The van der Waals surface area contributed by atoms with E-state index in [-0.39, 0.29) is 17.9 Å². The SMILES string of the molecule is Cc1cc(NC(=O)Cc2ccc(F)cc2F)ccc1N. The molecule has 0 aliphatic rings. The number of hydrogen-bond acceptors (Lipinski definition) is 2. The van der Waals surface area contributed by atoms with Crippen molar-refractivity contribution in [1.29, 1.82) is 0 Å². The van der Waals surface area contributed by atoms with Gasteiger partial charge in [-0.3, -0.25) is 4.79 Å². The standard InChI is InChI=1S/C15H14F2N2O/c1-9-6-12(4-5-14(9)18)19-15(20)7-10-2-3-11(16)8-13(10)17/h2-6,8H,7,18H2,1H3,(H,19,20). The largest absolute Gasteiger partial charge is 0.399 e. The van der Waals surface area contributed by atoms with Crippen molar-refractivity contribution in [2.24, 2.45) is 0 Å². The lowest BCUT2D eigenvalue weighted by molar-refractivity contribution is -0.115. The molecule has 0 bridgehead atoms. The number of anilines is 2. The lowest BCUT2D eigenvalue weighted by atomic mass is 10.1. The molecule has 1 amide bonds. The van der Waals surface area contributed by atoms with Gasteiger partial charge in [-0.2, -0.15) is 0 Å². The molecular weight excluding hydrogens is 262 g/mol. The highest BCUT2D eigenvalue weighted by Gasteiger charge is 2.09. The van der Waals surface area contributed by atoms with Crippen LogP contribution in [0.3, 0.4) is 0 Å². The van der Waals surface area contributed by atoms with E-state index in [0.29, 0.717) is 11.4 Å². The van der Waals surface area contributed by atoms with Crippen LogP contribution in [0.2, 0.25) is 0 Å². The first-order chi connectivity index (χ1) is 9.45. The van der Waals surface area contributed by atoms with Gasteiger partial charge in [-0.05, 0) is 42.3 Å². The third-order valence-electron chi connectivity index (χ3n) is 2.92. The number of nitrogens with one attached hydrogen (secondary N) is 1. The Kier molecular flexibility index (Phi) is 3.98. The number of rotatable bonds is 3. The van der Waals surface area contributed by atoms with E-state index in [1.165, 1.54) is 6.07 Å². The van der Waals surface area contributed by atoms with Crippen LogP contribution >= 0.6 is 0 Å². The Morgan fingerprint density at radius 3 is 2.60 bits per heavy atom. The third kappa shape index (κ3) is 3.32. The van der Waals surface area contributed by atoms with Gasteiger partial charge < -0.3 is 11.1 Å². The summed E-state index contributed by atoms with van der Waals surface area (Å²) in [5, 5.41) is 2.65. The van der Waals surface area contributed by atoms with E-state index in [0.717, 1.165) is 17.7 Å². The quantitative estimate of drug-likeness (QED) is 0.847. The molecule has 2 aromatic rings. The summed E-state index contributed by atoms with van der Waals surface area (Å²) in [7, 11) is 0. The van der Waals surface area contributed by atoms with Gasteiger partial charge in [0.15, 0.2) is 0 Å². The van der Waals surface area contributed by atoms with Crippen LogP contribution in [-0.2, 0) is 11.2 Å². The highest BCUT2D eigenvalue weighted by atomic mass is 19.1. The summed E-state index contributed by atoms with van der Waals surface area (Å²) < 4.78 is 26.2. The predicted molar refractivity (Wildman–Crippen MR) is 74.3 cm³/mol. The molecule has 3 nitrogen and oxygen atoms in total. The first-order valence-electron chi connectivity index (χ1n) is 6.05. The Bertz CT molecular complexity index is 656. The molecule has 0 aliphatic carbocycles. The summed E-state index contributed by atoms with van der Waals surface area (Å²) in [6.45, 7) is 1.82. The topological polar surface area (TPSA) is 55.1 Å². The molecule has 2 rings (SSSR count). The van der Waals surface area contributed by atoms with Crippen molar-refractivity contribution in [1.82, 2.24) is 0 Å². The molecule has 0 saturated carbocycles. The normalized spacial score (nSPS) is 10.3. The monoisotopic (exact) mass is 276 g/mol. The van der Waals surface area contributed by atoms with Crippen molar-refractivity contribution in [3.05, 3.63) is 59.2 Å². The molecular formula is C15H14F2N2O. The highest BCUT2D eigenvalue weighted by Crippen LogP contribution is 2.17. The van der Waals surface area contributed by atoms with E-state index in [1.54, 1.807) is 18.2 Å². The number of carbonyl (C=O) groups is 1. The minimum absolute atomic E-state index is 0.149. The number of benzene rings is 2. The van der Waals surface area contributed by atoms with Gasteiger partial charge in [0.05, 0.1) is 6.42 Å².